The molecule has 0 N–H and O–H groups in total. The Balaban J connectivity index is 1.04. The molecule has 10 aromatic rings. The van der Waals surface area contributed by atoms with Gasteiger partial charge in [0.25, 0.3) is 0 Å². The first-order valence-corrected chi connectivity index (χ1v) is 21.1. The van der Waals surface area contributed by atoms with E-state index in [0.717, 1.165) is 0 Å². The summed E-state index contributed by atoms with van der Waals surface area (Å²) < 4.78 is 0. The molecule has 0 heterocycles. The van der Waals surface area contributed by atoms with Gasteiger partial charge in [0, 0.05) is 0 Å². The summed E-state index contributed by atoms with van der Waals surface area (Å²) in [5, 5.41) is 13.1. The molecule has 258 valence electrons. The SMILES string of the molecule is c1ccc(-c2cc3ccccc3cc2-c2ccc3c(ccc4cc(-c5ccc([Si](c6ccccc6)(c6ccccc6)c6ccccc6)cc5)ccc43)c2)cc1. The summed E-state index contributed by atoms with van der Waals surface area (Å²) in [5.41, 5.74) is 7.42. The average Bonchev–Trinajstić information content (AvgIpc) is 3.27. The molecule has 0 aliphatic heterocycles. The van der Waals surface area contributed by atoms with Crippen LogP contribution in [-0.2, 0) is 0 Å². The molecular weight excluding hydrogens is 677 g/mol. The minimum Gasteiger partial charge on any atom is -0.0623 e. The molecule has 0 atom stereocenters. The Morgan fingerprint density at radius 2 is 0.600 bits per heavy atom. The van der Waals surface area contributed by atoms with Crippen molar-refractivity contribution in [3.8, 4) is 33.4 Å². The highest BCUT2D eigenvalue weighted by Gasteiger charge is 2.41. The van der Waals surface area contributed by atoms with Gasteiger partial charge >= 0.3 is 0 Å². The number of benzene rings is 10. The normalized spacial score (nSPS) is 11.6. The monoisotopic (exact) mass is 714 g/mol. The molecule has 0 radical (unpaired) electrons. The third-order valence-electron chi connectivity index (χ3n) is 11.4. The van der Waals surface area contributed by atoms with Gasteiger partial charge < -0.3 is 0 Å². The van der Waals surface area contributed by atoms with Crippen LogP contribution in [0, 0.1) is 0 Å². The lowest BCUT2D eigenvalue weighted by atomic mass is 9.90. The van der Waals surface area contributed by atoms with Crippen LogP contribution in [0.4, 0.5) is 0 Å². The van der Waals surface area contributed by atoms with E-state index in [1.54, 1.807) is 0 Å². The van der Waals surface area contributed by atoms with Gasteiger partial charge in [0.2, 0.25) is 0 Å². The third-order valence-corrected chi connectivity index (χ3v) is 16.2. The topological polar surface area (TPSA) is 0 Å². The summed E-state index contributed by atoms with van der Waals surface area (Å²) in [4.78, 5) is 0. The molecule has 0 nitrogen and oxygen atoms in total. The maximum atomic E-state index is 2.39. The number of fused-ring (bicyclic) bond motifs is 4. The van der Waals surface area contributed by atoms with E-state index in [1.165, 1.54) is 86.4 Å². The van der Waals surface area contributed by atoms with Gasteiger partial charge in [-0.2, -0.15) is 0 Å². The molecule has 0 saturated heterocycles. The van der Waals surface area contributed by atoms with Crippen LogP contribution < -0.4 is 20.7 Å². The second-order valence-corrected chi connectivity index (χ2v) is 18.3. The predicted molar refractivity (Wildman–Crippen MR) is 239 cm³/mol. The zero-order chi connectivity index (χ0) is 36.6. The van der Waals surface area contributed by atoms with Crippen molar-refractivity contribution in [1.82, 2.24) is 0 Å². The van der Waals surface area contributed by atoms with E-state index in [2.05, 4.69) is 231 Å². The molecular formula is C54H38Si. The molecule has 0 aliphatic rings. The fourth-order valence-corrected chi connectivity index (χ4v) is 13.5. The minimum absolute atomic E-state index is 1.22. The van der Waals surface area contributed by atoms with Crippen LogP contribution in [0.25, 0.3) is 65.7 Å². The Labute approximate surface area is 323 Å². The van der Waals surface area contributed by atoms with Gasteiger partial charge in [0.15, 0.2) is 8.07 Å². The largest absolute Gasteiger partial charge is 0.179 e. The van der Waals surface area contributed by atoms with Crippen molar-refractivity contribution in [2.75, 3.05) is 0 Å². The van der Waals surface area contributed by atoms with E-state index >= 15 is 0 Å². The zero-order valence-electron chi connectivity index (χ0n) is 30.4. The maximum Gasteiger partial charge on any atom is 0.179 e. The van der Waals surface area contributed by atoms with Gasteiger partial charge in [-0.1, -0.05) is 206 Å². The molecule has 0 fully saturated rings. The van der Waals surface area contributed by atoms with Crippen LogP contribution in [-0.4, -0.2) is 8.07 Å². The van der Waals surface area contributed by atoms with E-state index in [4.69, 9.17) is 0 Å². The first kappa shape index (κ1) is 32.8. The van der Waals surface area contributed by atoms with Crippen LogP contribution in [0.15, 0.2) is 231 Å². The molecule has 10 rings (SSSR count). The van der Waals surface area contributed by atoms with Crippen LogP contribution in [0.5, 0.6) is 0 Å². The zero-order valence-corrected chi connectivity index (χ0v) is 31.4. The highest BCUT2D eigenvalue weighted by Crippen LogP contribution is 2.38. The first-order valence-electron chi connectivity index (χ1n) is 19.1. The number of rotatable bonds is 7. The van der Waals surface area contributed by atoms with Crippen molar-refractivity contribution in [2.45, 2.75) is 0 Å². The molecule has 55 heavy (non-hydrogen) atoms. The summed E-state index contributed by atoms with van der Waals surface area (Å²) in [6.45, 7) is 0. The number of hydrogen-bond acceptors (Lipinski definition) is 0. The highest BCUT2D eigenvalue weighted by atomic mass is 28.3. The summed E-state index contributed by atoms with van der Waals surface area (Å²) in [6, 6.07) is 85.4. The quantitative estimate of drug-likeness (QED) is 0.0876. The van der Waals surface area contributed by atoms with Gasteiger partial charge in [-0.25, -0.2) is 0 Å². The highest BCUT2D eigenvalue weighted by molar-refractivity contribution is 7.19. The minimum atomic E-state index is -2.56. The molecule has 10 aromatic carbocycles. The van der Waals surface area contributed by atoms with Crippen LogP contribution in [0.2, 0.25) is 0 Å². The summed E-state index contributed by atoms with van der Waals surface area (Å²) >= 11 is 0. The fourth-order valence-electron chi connectivity index (χ4n) is 8.73. The van der Waals surface area contributed by atoms with E-state index < -0.39 is 8.07 Å². The third kappa shape index (κ3) is 5.78. The molecule has 0 aliphatic carbocycles. The molecule has 0 spiro atoms. The van der Waals surface area contributed by atoms with Crippen molar-refractivity contribution < 1.29 is 0 Å². The van der Waals surface area contributed by atoms with E-state index in [9.17, 15) is 0 Å². The van der Waals surface area contributed by atoms with Gasteiger partial charge in [-0.15, -0.1) is 0 Å². The Morgan fingerprint density at radius 1 is 0.218 bits per heavy atom. The average molecular weight is 715 g/mol. The van der Waals surface area contributed by atoms with Gasteiger partial charge in [-0.3, -0.25) is 0 Å². The lowest BCUT2D eigenvalue weighted by molar-refractivity contribution is 1.62. The summed E-state index contributed by atoms with van der Waals surface area (Å²) in [5.74, 6) is 0. The van der Waals surface area contributed by atoms with Crippen molar-refractivity contribution in [3.63, 3.8) is 0 Å². The Hall–Kier alpha value is -6.80. The van der Waals surface area contributed by atoms with Crippen molar-refractivity contribution in [3.05, 3.63) is 231 Å². The molecule has 0 saturated carbocycles. The van der Waals surface area contributed by atoms with Gasteiger partial charge in [-0.05, 0) is 111 Å². The number of hydrogen-bond donors (Lipinski definition) is 0. The van der Waals surface area contributed by atoms with Gasteiger partial charge in [0.1, 0.15) is 0 Å². The molecule has 0 amide bonds. The second-order valence-electron chi connectivity index (χ2n) is 14.5. The van der Waals surface area contributed by atoms with Crippen molar-refractivity contribution in [1.29, 1.82) is 0 Å². The maximum absolute atomic E-state index is 2.56. The molecule has 0 aromatic heterocycles. The summed E-state index contributed by atoms with van der Waals surface area (Å²) in [6.07, 6.45) is 0. The Bertz CT molecular complexity index is 2840. The Kier molecular flexibility index (Phi) is 8.28. The molecule has 0 bridgehead atoms. The molecule has 0 unspecified atom stereocenters. The smallest absolute Gasteiger partial charge is 0.0623 e. The lowest BCUT2D eigenvalue weighted by Gasteiger charge is -2.34. The van der Waals surface area contributed by atoms with Crippen LogP contribution in [0.1, 0.15) is 0 Å². The standard InChI is InChI=1S/C54H38Si/c1-5-15-40(16-6-1)53-37-41-17-13-14-18-42(41)38-54(53)46-30-34-52-45(36-46)26-25-44-35-43(29-33-51(44)52)39-27-31-50(32-28-39)55(47-19-7-2-8-20-47,48-21-9-3-10-22-48)49-23-11-4-12-24-49/h1-38H. The first-order chi connectivity index (χ1) is 27.3. The fraction of sp³-hybridized carbons (Fsp3) is 0. The van der Waals surface area contributed by atoms with Crippen LogP contribution in [0.3, 0.4) is 0 Å². The molecule has 1 heteroatoms. The van der Waals surface area contributed by atoms with Crippen LogP contribution >= 0.6 is 0 Å². The van der Waals surface area contributed by atoms with E-state index in [1.807, 2.05) is 0 Å². The Morgan fingerprint density at radius 3 is 1.11 bits per heavy atom. The second kappa shape index (κ2) is 13.9. The predicted octanol–water partition coefficient (Wildman–Crippen LogP) is 11.5. The van der Waals surface area contributed by atoms with Crippen molar-refractivity contribution >= 4 is 61.1 Å². The summed E-state index contributed by atoms with van der Waals surface area (Å²) in [7, 11) is -2.56. The van der Waals surface area contributed by atoms with Crippen molar-refractivity contribution in [2.24, 2.45) is 0 Å². The van der Waals surface area contributed by atoms with E-state index in [-0.39, 0.29) is 0 Å². The lowest BCUT2D eigenvalue weighted by Crippen LogP contribution is -2.74. The van der Waals surface area contributed by atoms with E-state index in [0.29, 0.717) is 0 Å². The van der Waals surface area contributed by atoms with Gasteiger partial charge in [0.05, 0.1) is 0 Å².